The summed E-state index contributed by atoms with van der Waals surface area (Å²) in [6, 6.07) is 6.22. The maximum atomic E-state index is 11.7. The van der Waals surface area contributed by atoms with E-state index < -0.39 is 26.6 Å². The summed E-state index contributed by atoms with van der Waals surface area (Å²) >= 11 is 0. The van der Waals surface area contributed by atoms with Crippen LogP contribution in [0.5, 0.6) is 0 Å². The van der Waals surface area contributed by atoms with Gasteiger partial charge in [0.25, 0.3) is 5.69 Å². The Balaban J connectivity index is 1.90. The van der Waals surface area contributed by atoms with Crippen molar-refractivity contribution >= 4 is 33.7 Å². The lowest BCUT2D eigenvalue weighted by Gasteiger charge is -2.03. The first kappa shape index (κ1) is 16.8. The van der Waals surface area contributed by atoms with Crippen molar-refractivity contribution in [2.45, 2.75) is 6.42 Å². The van der Waals surface area contributed by atoms with E-state index in [0.717, 1.165) is 0 Å². The number of nitro groups is 1. The molecule has 23 heavy (non-hydrogen) atoms. The summed E-state index contributed by atoms with van der Waals surface area (Å²) in [6.07, 6.45) is 4.52. The van der Waals surface area contributed by atoms with Crippen molar-refractivity contribution in [2.75, 3.05) is 11.5 Å². The summed E-state index contributed by atoms with van der Waals surface area (Å²) in [5, 5.41) is 14.5. The molecule has 1 aromatic carbocycles. The van der Waals surface area contributed by atoms with Crippen LogP contribution in [0.4, 0.5) is 5.69 Å². The summed E-state index contributed by atoms with van der Waals surface area (Å²) in [7, 11) is -3.12. The zero-order valence-electron chi connectivity index (χ0n) is 12.1. The number of amides is 1. The van der Waals surface area contributed by atoms with Crippen molar-refractivity contribution < 1.29 is 18.1 Å². The summed E-state index contributed by atoms with van der Waals surface area (Å²) in [6.45, 7) is 0. The zero-order valence-corrected chi connectivity index (χ0v) is 12.9. The highest BCUT2D eigenvalue weighted by atomic mass is 32.2. The first-order valence-electron chi connectivity index (χ1n) is 6.82. The van der Waals surface area contributed by atoms with E-state index in [4.69, 9.17) is 0 Å². The van der Waals surface area contributed by atoms with E-state index in [0.29, 0.717) is 12.0 Å². The van der Waals surface area contributed by atoms with Crippen molar-refractivity contribution in [3.63, 3.8) is 0 Å². The Bertz CT molecular complexity index is 770. The van der Waals surface area contributed by atoms with Crippen LogP contribution in [-0.4, -0.2) is 37.0 Å². The fraction of sp³-hybridized carbons (Fsp3) is 0.286. The average molecular weight is 337 g/mol. The second-order valence-corrected chi connectivity index (χ2v) is 7.26. The lowest BCUT2D eigenvalue weighted by molar-refractivity contribution is -0.385. The number of hydrazone groups is 1. The summed E-state index contributed by atoms with van der Waals surface area (Å²) in [5.74, 6) is -1.15. The molecule has 1 atom stereocenters. The number of nitrogens with zero attached hydrogens (tertiary/aromatic N) is 2. The number of benzene rings is 1. The molecule has 1 saturated heterocycles. The number of carbonyl (C=O) groups excluding carboxylic acids is 1. The summed E-state index contributed by atoms with van der Waals surface area (Å²) in [5.41, 5.74) is 2.65. The molecule has 9 heteroatoms. The Morgan fingerprint density at radius 2 is 2.13 bits per heavy atom. The molecule has 0 unspecified atom stereocenters. The molecular formula is C14H15N3O5S. The highest BCUT2D eigenvalue weighted by Gasteiger charge is 2.32. The monoisotopic (exact) mass is 337 g/mol. The van der Waals surface area contributed by atoms with Crippen LogP contribution < -0.4 is 5.43 Å². The normalized spacial score (nSPS) is 20.1. The van der Waals surface area contributed by atoms with Gasteiger partial charge in [-0.1, -0.05) is 12.1 Å². The molecule has 1 aromatic rings. The average Bonchev–Trinajstić information content (AvgIpc) is 2.87. The standard InChI is InChI=1S/C14H15N3O5S/c18-14(12-7-9-23(21,22)10-12)16-15-8-3-5-11-4-1-2-6-13(11)17(19)20/h1-6,8,12H,7,9-10H2,(H,16,18)/b5-3+,15-8-/t12-/m0/s1. The Hall–Kier alpha value is -2.55. The van der Waals surface area contributed by atoms with Gasteiger partial charge in [0.15, 0.2) is 9.84 Å². The number of hydrogen-bond donors (Lipinski definition) is 1. The third-order valence-electron chi connectivity index (χ3n) is 3.35. The van der Waals surface area contributed by atoms with E-state index in [1.165, 1.54) is 24.4 Å². The maximum Gasteiger partial charge on any atom is 0.276 e. The zero-order chi connectivity index (χ0) is 16.9. The minimum Gasteiger partial charge on any atom is -0.273 e. The smallest absolute Gasteiger partial charge is 0.273 e. The Kier molecular flexibility index (Phi) is 5.22. The minimum absolute atomic E-state index is 0.0202. The molecule has 1 amide bonds. The number of allylic oxidation sites excluding steroid dienone is 1. The number of hydrogen-bond acceptors (Lipinski definition) is 6. The molecule has 1 fully saturated rings. The first-order chi connectivity index (χ1) is 10.9. The molecule has 1 aliphatic heterocycles. The molecule has 0 radical (unpaired) electrons. The Labute approximate surface area is 133 Å². The Morgan fingerprint density at radius 3 is 2.78 bits per heavy atom. The van der Waals surface area contributed by atoms with Gasteiger partial charge in [0.05, 0.1) is 27.9 Å². The van der Waals surface area contributed by atoms with Crippen molar-refractivity contribution in [1.82, 2.24) is 5.43 Å². The van der Waals surface area contributed by atoms with Crippen LogP contribution in [0.15, 0.2) is 35.4 Å². The van der Waals surface area contributed by atoms with Gasteiger partial charge in [-0.25, -0.2) is 13.8 Å². The molecule has 8 nitrogen and oxygen atoms in total. The van der Waals surface area contributed by atoms with Gasteiger partial charge in [0.2, 0.25) is 5.91 Å². The van der Waals surface area contributed by atoms with Crippen molar-refractivity contribution in [2.24, 2.45) is 11.0 Å². The molecule has 122 valence electrons. The lowest BCUT2D eigenvalue weighted by atomic mass is 10.1. The number of sulfone groups is 1. The third kappa shape index (κ3) is 4.71. The van der Waals surface area contributed by atoms with E-state index in [9.17, 15) is 23.3 Å². The first-order valence-corrected chi connectivity index (χ1v) is 8.64. The fourth-order valence-corrected chi connectivity index (χ4v) is 3.92. The van der Waals surface area contributed by atoms with Crippen LogP contribution in [-0.2, 0) is 14.6 Å². The van der Waals surface area contributed by atoms with Crippen LogP contribution in [0.3, 0.4) is 0 Å². The van der Waals surface area contributed by atoms with E-state index in [-0.39, 0.29) is 17.2 Å². The highest BCUT2D eigenvalue weighted by Crippen LogP contribution is 2.19. The van der Waals surface area contributed by atoms with E-state index >= 15 is 0 Å². The van der Waals surface area contributed by atoms with Gasteiger partial charge in [-0.2, -0.15) is 5.10 Å². The second kappa shape index (κ2) is 7.14. The largest absolute Gasteiger partial charge is 0.276 e. The summed E-state index contributed by atoms with van der Waals surface area (Å²) < 4.78 is 22.6. The van der Waals surface area contributed by atoms with Gasteiger partial charge in [-0.15, -0.1) is 0 Å². The van der Waals surface area contributed by atoms with Crippen LogP contribution in [0, 0.1) is 16.0 Å². The van der Waals surface area contributed by atoms with Gasteiger partial charge in [-0.05, 0) is 24.6 Å². The molecule has 0 saturated carbocycles. The van der Waals surface area contributed by atoms with Crippen LogP contribution in [0.2, 0.25) is 0 Å². The molecular weight excluding hydrogens is 322 g/mol. The van der Waals surface area contributed by atoms with Gasteiger partial charge < -0.3 is 0 Å². The van der Waals surface area contributed by atoms with Crippen LogP contribution >= 0.6 is 0 Å². The number of rotatable bonds is 5. The molecule has 0 aliphatic carbocycles. The van der Waals surface area contributed by atoms with E-state index in [2.05, 4.69) is 10.5 Å². The molecule has 0 bridgehead atoms. The molecule has 1 N–H and O–H groups in total. The SMILES string of the molecule is O=C(N/N=C\C=C\c1ccccc1[N+](=O)[O-])[C@H]1CCS(=O)(=O)C1. The molecule has 2 rings (SSSR count). The quantitative estimate of drug-likeness (QED) is 0.491. The van der Waals surface area contributed by atoms with Gasteiger partial charge >= 0.3 is 0 Å². The summed E-state index contributed by atoms with van der Waals surface area (Å²) in [4.78, 5) is 22.1. The topological polar surface area (TPSA) is 119 Å². The third-order valence-corrected chi connectivity index (χ3v) is 5.12. The Morgan fingerprint density at radius 1 is 1.39 bits per heavy atom. The lowest BCUT2D eigenvalue weighted by Crippen LogP contribution is -2.27. The van der Waals surface area contributed by atoms with Gasteiger partial charge in [0.1, 0.15) is 0 Å². The molecule has 0 aromatic heterocycles. The van der Waals surface area contributed by atoms with Crippen molar-refractivity contribution in [1.29, 1.82) is 0 Å². The van der Waals surface area contributed by atoms with Crippen molar-refractivity contribution in [3.8, 4) is 0 Å². The minimum atomic E-state index is -3.12. The van der Waals surface area contributed by atoms with Gasteiger partial charge in [-0.3, -0.25) is 14.9 Å². The number of para-hydroxylation sites is 1. The predicted molar refractivity (Wildman–Crippen MR) is 85.5 cm³/mol. The van der Waals surface area contributed by atoms with E-state index in [1.807, 2.05) is 0 Å². The highest BCUT2D eigenvalue weighted by molar-refractivity contribution is 7.91. The maximum absolute atomic E-state index is 11.7. The second-order valence-electron chi connectivity index (χ2n) is 5.03. The number of nitro benzene ring substituents is 1. The molecule has 0 spiro atoms. The predicted octanol–water partition coefficient (Wildman–Crippen LogP) is 1.14. The van der Waals surface area contributed by atoms with Crippen LogP contribution in [0.25, 0.3) is 6.08 Å². The van der Waals surface area contributed by atoms with E-state index in [1.54, 1.807) is 18.2 Å². The number of nitrogens with one attached hydrogen (secondary N) is 1. The number of carbonyl (C=O) groups is 1. The van der Waals surface area contributed by atoms with Crippen molar-refractivity contribution in [3.05, 3.63) is 46.0 Å². The molecule has 1 aliphatic rings. The molecule has 1 heterocycles. The van der Waals surface area contributed by atoms with Gasteiger partial charge in [0, 0.05) is 12.3 Å². The fourth-order valence-electron chi connectivity index (χ4n) is 2.18. The van der Waals surface area contributed by atoms with Crippen LogP contribution in [0.1, 0.15) is 12.0 Å².